The molecule has 1 rings (SSSR count). The lowest BCUT2D eigenvalue weighted by Crippen LogP contribution is -2.14. The Balaban J connectivity index is 2.98. The van der Waals surface area contributed by atoms with Crippen molar-refractivity contribution >= 4 is 11.7 Å². The molecule has 0 aliphatic carbocycles. The quantitative estimate of drug-likeness (QED) is 0.590. The van der Waals surface area contributed by atoms with Crippen molar-refractivity contribution in [2.75, 3.05) is 7.05 Å². The number of nitrogens with zero attached hydrogens (tertiary/aromatic N) is 2. The highest BCUT2D eigenvalue weighted by Crippen LogP contribution is 2.08. The standard InChI is InChI=1S/C7H9N3O/c1-3-4-5-6(8)10-11-7(5)9-2/h3-4H,1H2,2H3,(H2,8,10)/b5-4-,9-7?. The largest absolute Gasteiger partial charge is 0.380 e. The summed E-state index contributed by atoms with van der Waals surface area (Å²) in [4.78, 5) is 8.60. The molecule has 0 amide bonds. The highest BCUT2D eigenvalue weighted by molar-refractivity contribution is 6.22. The normalized spacial score (nSPS) is 23.5. The van der Waals surface area contributed by atoms with Crippen LogP contribution in [0.1, 0.15) is 0 Å². The Hall–Kier alpha value is -1.58. The molecule has 1 aliphatic rings. The van der Waals surface area contributed by atoms with Gasteiger partial charge in [0.25, 0.3) is 5.90 Å². The maximum absolute atomic E-state index is 5.46. The van der Waals surface area contributed by atoms with E-state index in [1.165, 1.54) is 0 Å². The summed E-state index contributed by atoms with van der Waals surface area (Å²) in [7, 11) is 1.61. The Morgan fingerprint density at radius 1 is 1.73 bits per heavy atom. The minimum atomic E-state index is 0.338. The van der Waals surface area contributed by atoms with Gasteiger partial charge in [0.15, 0.2) is 5.84 Å². The first-order valence-electron chi connectivity index (χ1n) is 3.10. The summed E-state index contributed by atoms with van der Waals surface area (Å²) < 4.78 is 0. The van der Waals surface area contributed by atoms with Gasteiger partial charge in [0, 0.05) is 7.05 Å². The molecule has 4 nitrogen and oxygen atoms in total. The van der Waals surface area contributed by atoms with Crippen molar-refractivity contribution in [1.82, 2.24) is 0 Å². The van der Waals surface area contributed by atoms with Crippen LogP contribution in [0.2, 0.25) is 0 Å². The van der Waals surface area contributed by atoms with Crippen molar-refractivity contribution in [3.8, 4) is 0 Å². The zero-order valence-corrected chi connectivity index (χ0v) is 6.24. The molecule has 0 unspecified atom stereocenters. The molecule has 0 spiro atoms. The highest BCUT2D eigenvalue weighted by atomic mass is 16.6. The molecule has 4 heteroatoms. The van der Waals surface area contributed by atoms with Gasteiger partial charge >= 0.3 is 0 Å². The predicted octanol–water partition coefficient (Wildman–Crippen LogP) is 0.429. The van der Waals surface area contributed by atoms with E-state index < -0.39 is 0 Å². The van der Waals surface area contributed by atoms with Crippen molar-refractivity contribution < 1.29 is 4.84 Å². The van der Waals surface area contributed by atoms with Gasteiger partial charge in [-0.15, -0.1) is 0 Å². The lowest BCUT2D eigenvalue weighted by molar-refractivity contribution is 0.340. The average Bonchev–Trinajstić information content (AvgIpc) is 2.34. The summed E-state index contributed by atoms with van der Waals surface area (Å²) >= 11 is 0. The number of allylic oxidation sites excluding steroid dienone is 2. The summed E-state index contributed by atoms with van der Waals surface area (Å²) in [5.74, 6) is 0.771. The van der Waals surface area contributed by atoms with Gasteiger partial charge in [0.2, 0.25) is 0 Å². The summed E-state index contributed by atoms with van der Waals surface area (Å²) in [5.41, 5.74) is 6.14. The van der Waals surface area contributed by atoms with Gasteiger partial charge in [-0.1, -0.05) is 17.8 Å². The number of hydrogen-bond acceptors (Lipinski definition) is 4. The van der Waals surface area contributed by atoms with E-state index in [9.17, 15) is 0 Å². The lowest BCUT2D eigenvalue weighted by atomic mass is 10.2. The van der Waals surface area contributed by atoms with Gasteiger partial charge in [-0.2, -0.15) is 0 Å². The molecular weight excluding hydrogens is 142 g/mol. The third-order valence-corrected chi connectivity index (χ3v) is 1.22. The second-order valence-corrected chi connectivity index (χ2v) is 1.91. The smallest absolute Gasteiger partial charge is 0.255 e. The molecule has 0 aromatic heterocycles. The zero-order chi connectivity index (χ0) is 8.27. The van der Waals surface area contributed by atoms with E-state index in [0.717, 1.165) is 0 Å². The second kappa shape index (κ2) is 3.01. The molecule has 0 radical (unpaired) electrons. The van der Waals surface area contributed by atoms with Gasteiger partial charge in [-0.25, -0.2) is 0 Å². The molecule has 2 N–H and O–H groups in total. The predicted molar refractivity (Wildman–Crippen MR) is 44.3 cm³/mol. The fourth-order valence-corrected chi connectivity index (χ4v) is 0.736. The van der Waals surface area contributed by atoms with Crippen LogP contribution in [0.4, 0.5) is 0 Å². The van der Waals surface area contributed by atoms with Gasteiger partial charge in [-0.05, 0) is 6.08 Å². The summed E-state index contributed by atoms with van der Waals surface area (Å²) in [6.45, 7) is 3.53. The topological polar surface area (TPSA) is 60.0 Å². The second-order valence-electron chi connectivity index (χ2n) is 1.91. The van der Waals surface area contributed by atoms with Gasteiger partial charge in [-0.3, -0.25) is 4.99 Å². The first kappa shape index (κ1) is 7.53. The Kier molecular flexibility index (Phi) is 2.06. The van der Waals surface area contributed by atoms with Crippen LogP contribution in [-0.2, 0) is 4.84 Å². The third-order valence-electron chi connectivity index (χ3n) is 1.22. The minimum Gasteiger partial charge on any atom is -0.380 e. The van der Waals surface area contributed by atoms with Crippen LogP contribution in [0.3, 0.4) is 0 Å². The summed E-state index contributed by atoms with van der Waals surface area (Å²) in [5, 5.41) is 3.54. The maximum atomic E-state index is 5.46. The maximum Gasteiger partial charge on any atom is 0.255 e. The van der Waals surface area contributed by atoms with Crippen molar-refractivity contribution in [2.45, 2.75) is 0 Å². The van der Waals surface area contributed by atoms with E-state index in [0.29, 0.717) is 17.3 Å². The van der Waals surface area contributed by atoms with Crippen molar-refractivity contribution in [2.24, 2.45) is 15.9 Å². The average molecular weight is 151 g/mol. The Morgan fingerprint density at radius 3 is 3.00 bits per heavy atom. The van der Waals surface area contributed by atoms with E-state index in [1.807, 2.05) is 0 Å². The fourth-order valence-electron chi connectivity index (χ4n) is 0.736. The molecular formula is C7H9N3O. The number of rotatable bonds is 1. The molecule has 1 aliphatic heterocycles. The van der Waals surface area contributed by atoms with Crippen molar-refractivity contribution in [3.63, 3.8) is 0 Å². The molecule has 0 bridgehead atoms. The number of amidine groups is 1. The molecule has 0 fully saturated rings. The molecule has 0 aromatic carbocycles. The van der Waals surface area contributed by atoms with Crippen LogP contribution in [0.15, 0.2) is 34.5 Å². The van der Waals surface area contributed by atoms with E-state index in [2.05, 4.69) is 16.7 Å². The van der Waals surface area contributed by atoms with E-state index in [4.69, 9.17) is 10.6 Å². The molecule has 0 atom stereocenters. The van der Waals surface area contributed by atoms with E-state index in [-0.39, 0.29) is 0 Å². The first-order valence-corrected chi connectivity index (χ1v) is 3.10. The monoisotopic (exact) mass is 151 g/mol. The molecule has 0 saturated heterocycles. The van der Waals surface area contributed by atoms with Crippen molar-refractivity contribution in [3.05, 3.63) is 24.3 Å². The number of nitrogens with two attached hydrogens (primary N) is 1. The summed E-state index contributed by atoms with van der Waals surface area (Å²) in [6.07, 6.45) is 3.31. The van der Waals surface area contributed by atoms with Crippen molar-refractivity contribution in [1.29, 1.82) is 0 Å². The Labute approximate surface area is 64.7 Å². The number of aliphatic imine (C=N–C) groups is 1. The number of oxime groups is 1. The van der Waals surface area contributed by atoms with Gasteiger partial charge in [0.05, 0.1) is 5.57 Å². The van der Waals surface area contributed by atoms with Gasteiger partial charge < -0.3 is 10.6 Å². The third kappa shape index (κ3) is 1.29. The SMILES string of the molecule is C=C/C=C1/C(N)=NOC1=NC. The summed E-state index contributed by atoms with van der Waals surface area (Å²) in [6, 6.07) is 0. The lowest BCUT2D eigenvalue weighted by Gasteiger charge is -1.92. The zero-order valence-electron chi connectivity index (χ0n) is 6.24. The fraction of sp³-hybridized carbons (Fsp3) is 0.143. The minimum absolute atomic E-state index is 0.338. The van der Waals surface area contributed by atoms with Crippen LogP contribution in [-0.4, -0.2) is 18.8 Å². The van der Waals surface area contributed by atoms with Gasteiger partial charge in [0.1, 0.15) is 0 Å². The highest BCUT2D eigenvalue weighted by Gasteiger charge is 2.18. The van der Waals surface area contributed by atoms with Crippen LogP contribution in [0, 0.1) is 0 Å². The van der Waals surface area contributed by atoms with Crippen LogP contribution < -0.4 is 5.73 Å². The van der Waals surface area contributed by atoms with E-state index >= 15 is 0 Å². The Bertz CT molecular complexity index is 263. The molecule has 0 aromatic rings. The molecule has 1 heterocycles. The Morgan fingerprint density at radius 2 is 2.45 bits per heavy atom. The number of hydrogen-bond donors (Lipinski definition) is 1. The van der Waals surface area contributed by atoms with Crippen LogP contribution >= 0.6 is 0 Å². The van der Waals surface area contributed by atoms with E-state index in [1.54, 1.807) is 19.2 Å². The first-order chi connectivity index (χ1) is 5.29. The van der Waals surface area contributed by atoms with Crippen LogP contribution in [0.5, 0.6) is 0 Å². The van der Waals surface area contributed by atoms with Crippen LogP contribution in [0.25, 0.3) is 0 Å². The molecule has 11 heavy (non-hydrogen) atoms. The molecule has 58 valence electrons. The molecule has 0 saturated carbocycles.